The van der Waals surface area contributed by atoms with Crippen molar-refractivity contribution in [3.8, 4) is 0 Å². The SMILES string of the molecule is NC1=C(O)c2ccccc2C(=O)C1=O. The van der Waals surface area contributed by atoms with E-state index >= 15 is 0 Å². The van der Waals surface area contributed by atoms with Gasteiger partial charge in [-0.25, -0.2) is 0 Å². The van der Waals surface area contributed by atoms with Crippen LogP contribution >= 0.6 is 0 Å². The zero-order valence-electron chi connectivity index (χ0n) is 7.15. The molecule has 0 saturated heterocycles. The molecular weight excluding hydrogens is 182 g/mol. The van der Waals surface area contributed by atoms with E-state index in [0.717, 1.165) is 0 Å². The number of nitrogens with two attached hydrogens (primary N) is 1. The molecule has 2 rings (SSSR count). The monoisotopic (exact) mass is 189 g/mol. The third-order valence-corrected chi connectivity index (χ3v) is 2.13. The number of carbonyl (C=O) groups excluding carboxylic acids is 2. The fraction of sp³-hybridized carbons (Fsp3) is 0. The molecule has 1 aromatic carbocycles. The number of aliphatic hydroxyl groups excluding tert-OH is 1. The van der Waals surface area contributed by atoms with Gasteiger partial charge in [0, 0.05) is 11.1 Å². The van der Waals surface area contributed by atoms with E-state index in [9.17, 15) is 14.7 Å². The summed E-state index contributed by atoms with van der Waals surface area (Å²) in [5, 5.41) is 9.50. The first-order chi connectivity index (χ1) is 6.63. The summed E-state index contributed by atoms with van der Waals surface area (Å²) in [5.74, 6) is -1.83. The largest absolute Gasteiger partial charge is 0.505 e. The van der Waals surface area contributed by atoms with E-state index in [1.54, 1.807) is 18.2 Å². The summed E-state index contributed by atoms with van der Waals surface area (Å²) in [6.07, 6.45) is 0. The topological polar surface area (TPSA) is 80.4 Å². The lowest BCUT2D eigenvalue weighted by Gasteiger charge is -2.14. The molecule has 1 aliphatic carbocycles. The summed E-state index contributed by atoms with van der Waals surface area (Å²) in [4.78, 5) is 22.6. The van der Waals surface area contributed by atoms with Gasteiger partial charge in [0.2, 0.25) is 5.78 Å². The molecule has 0 bridgehead atoms. The van der Waals surface area contributed by atoms with Gasteiger partial charge in [-0.05, 0) is 0 Å². The lowest BCUT2D eigenvalue weighted by molar-refractivity contribution is -0.112. The summed E-state index contributed by atoms with van der Waals surface area (Å²) in [6, 6.07) is 6.31. The Kier molecular flexibility index (Phi) is 1.64. The summed E-state index contributed by atoms with van der Waals surface area (Å²) < 4.78 is 0. The number of Topliss-reactive ketones (excluding diaryl/α,β-unsaturated/α-hetero) is 2. The minimum absolute atomic E-state index is 0.198. The van der Waals surface area contributed by atoms with Crippen LogP contribution in [-0.2, 0) is 4.79 Å². The van der Waals surface area contributed by atoms with Crippen molar-refractivity contribution >= 4 is 17.3 Å². The Labute approximate surface area is 79.7 Å². The van der Waals surface area contributed by atoms with E-state index < -0.39 is 11.6 Å². The predicted molar refractivity (Wildman–Crippen MR) is 49.5 cm³/mol. The van der Waals surface area contributed by atoms with Gasteiger partial charge in [0.25, 0.3) is 5.78 Å². The smallest absolute Gasteiger partial charge is 0.252 e. The van der Waals surface area contributed by atoms with Crippen molar-refractivity contribution < 1.29 is 14.7 Å². The molecule has 0 aromatic heterocycles. The highest BCUT2D eigenvalue weighted by molar-refractivity contribution is 6.51. The Hall–Kier alpha value is -2.10. The van der Waals surface area contributed by atoms with Crippen LogP contribution in [0, 0.1) is 0 Å². The number of carbonyl (C=O) groups is 2. The molecule has 0 amide bonds. The number of allylic oxidation sites excluding steroid dienone is 1. The average Bonchev–Trinajstić information content (AvgIpc) is 2.23. The van der Waals surface area contributed by atoms with E-state index in [1.807, 2.05) is 0 Å². The fourth-order valence-corrected chi connectivity index (χ4v) is 1.38. The van der Waals surface area contributed by atoms with E-state index in [1.165, 1.54) is 6.07 Å². The van der Waals surface area contributed by atoms with Crippen LogP contribution in [0.4, 0.5) is 0 Å². The molecule has 1 aliphatic rings. The standard InChI is InChI=1S/C10H7NO3/c11-7-8(12)5-3-1-2-4-6(5)9(13)10(7)14/h1-4,12H,11H2. The van der Waals surface area contributed by atoms with E-state index in [4.69, 9.17) is 5.73 Å². The highest BCUT2D eigenvalue weighted by atomic mass is 16.3. The quantitative estimate of drug-likeness (QED) is 0.587. The number of aliphatic hydroxyl groups is 1. The molecule has 70 valence electrons. The molecule has 0 fully saturated rings. The second-order valence-corrected chi connectivity index (χ2v) is 2.97. The van der Waals surface area contributed by atoms with Gasteiger partial charge < -0.3 is 10.8 Å². The molecule has 14 heavy (non-hydrogen) atoms. The summed E-state index contributed by atoms with van der Waals surface area (Å²) >= 11 is 0. The maximum Gasteiger partial charge on any atom is 0.252 e. The van der Waals surface area contributed by atoms with Gasteiger partial charge >= 0.3 is 0 Å². The molecule has 0 atom stereocenters. The Morgan fingerprint density at radius 2 is 1.57 bits per heavy atom. The number of ketones is 2. The van der Waals surface area contributed by atoms with Crippen molar-refractivity contribution in [1.82, 2.24) is 0 Å². The van der Waals surface area contributed by atoms with Crippen LogP contribution in [0.3, 0.4) is 0 Å². The zero-order chi connectivity index (χ0) is 10.3. The minimum Gasteiger partial charge on any atom is -0.505 e. The van der Waals surface area contributed by atoms with Crippen LogP contribution in [0.5, 0.6) is 0 Å². The van der Waals surface area contributed by atoms with E-state index in [0.29, 0.717) is 5.56 Å². The van der Waals surface area contributed by atoms with Crippen LogP contribution in [-0.4, -0.2) is 16.7 Å². The molecule has 4 nitrogen and oxygen atoms in total. The second kappa shape index (κ2) is 2.70. The first kappa shape index (κ1) is 8.50. The molecule has 0 heterocycles. The van der Waals surface area contributed by atoms with Gasteiger partial charge in [-0.3, -0.25) is 9.59 Å². The van der Waals surface area contributed by atoms with Gasteiger partial charge in [0.15, 0.2) is 5.76 Å². The Morgan fingerprint density at radius 1 is 1.00 bits per heavy atom. The average molecular weight is 189 g/mol. The van der Waals surface area contributed by atoms with Gasteiger partial charge in [-0.15, -0.1) is 0 Å². The zero-order valence-corrected chi connectivity index (χ0v) is 7.15. The summed E-state index contributed by atoms with van der Waals surface area (Å²) in [6.45, 7) is 0. The Bertz CT molecular complexity index is 474. The lowest BCUT2D eigenvalue weighted by Crippen LogP contribution is -2.28. The third-order valence-electron chi connectivity index (χ3n) is 2.13. The maximum atomic E-state index is 11.4. The molecule has 0 aliphatic heterocycles. The molecule has 3 N–H and O–H groups in total. The second-order valence-electron chi connectivity index (χ2n) is 2.97. The molecular formula is C10H7NO3. The van der Waals surface area contributed by atoms with Crippen LogP contribution in [0.15, 0.2) is 30.0 Å². The highest BCUT2D eigenvalue weighted by Crippen LogP contribution is 2.24. The first-order valence-corrected chi connectivity index (χ1v) is 4.00. The fourth-order valence-electron chi connectivity index (χ4n) is 1.38. The third kappa shape index (κ3) is 0.939. The van der Waals surface area contributed by atoms with Crippen molar-refractivity contribution in [2.75, 3.05) is 0 Å². The molecule has 0 saturated carbocycles. The van der Waals surface area contributed by atoms with Gasteiger partial charge in [-0.2, -0.15) is 0 Å². The van der Waals surface area contributed by atoms with Crippen LogP contribution in [0.2, 0.25) is 0 Å². The van der Waals surface area contributed by atoms with Crippen LogP contribution in [0.1, 0.15) is 15.9 Å². The molecule has 1 aromatic rings. The van der Waals surface area contributed by atoms with Crippen molar-refractivity contribution in [3.63, 3.8) is 0 Å². The summed E-state index contributed by atoms with van der Waals surface area (Å²) in [5.41, 5.74) is 5.42. The van der Waals surface area contributed by atoms with Gasteiger partial charge in [0.05, 0.1) is 0 Å². The number of benzene rings is 1. The number of rotatable bonds is 0. The number of fused-ring (bicyclic) bond motifs is 1. The maximum absolute atomic E-state index is 11.4. The number of hydrogen-bond donors (Lipinski definition) is 2. The summed E-state index contributed by atoms with van der Waals surface area (Å²) in [7, 11) is 0. The lowest BCUT2D eigenvalue weighted by atomic mass is 9.92. The molecule has 0 spiro atoms. The normalized spacial score (nSPS) is 15.7. The number of hydrogen-bond acceptors (Lipinski definition) is 4. The Morgan fingerprint density at radius 3 is 2.21 bits per heavy atom. The van der Waals surface area contributed by atoms with Gasteiger partial charge in [-0.1, -0.05) is 24.3 Å². The molecule has 0 unspecified atom stereocenters. The van der Waals surface area contributed by atoms with Gasteiger partial charge in [0.1, 0.15) is 5.70 Å². The van der Waals surface area contributed by atoms with Crippen molar-refractivity contribution in [2.24, 2.45) is 5.73 Å². The minimum atomic E-state index is -0.846. The molecule has 4 heteroatoms. The van der Waals surface area contributed by atoms with Crippen molar-refractivity contribution in [1.29, 1.82) is 0 Å². The van der Waals surface area contributed by atoms with Crippen molar-refractivity contribution in [3.05, 3.63) is 41.1 Å². The molecule has 0 radical (unpaired) electrons. The van der Waals surface area contributed by atoms with Crippen LogP contribution in [0.25, 0.3) is 5.76 Å². The first-order valence-electron chi connectivity index (χ1n) is 4.00. The highest BCUT2D eigenvalue weighted by Gasteiger charge is 2.30. The van der Waals surface area contributed by atoms with E-state index in [-0.39, 0.29) is 17.0 Å². The predicted octanol–water partition coefficient (Wildman–Crippen LogP) is 0.637. The van der Waals surface area contributed by atoms with E-state index in [2.05, 4.69) is 0 Å². The van der Waals surface area contributed by atoms with Crippen molar-refractivity contribution in [2.45, 2.75) is 0 Å². The van der Waals surface area contributed by atoms with Crippen LogP contribution < -0.4 is 5.73 Å². The Balaban J connectivity index is 2.78.